The summed E-state index contributed by atoms with van der Waals surface area (Å²) in [5, 5.41) is 1.96. The van der Waals surface area contributed by atoms with Crippen molar-refractivity contribution in [1.29, 1.82) is 0 Å². The van der Waals surface area contributed by atoms with Crippen LogP contribution >= 0.6 is 0 Å². The number of rotatable bonds is 1. The van der Waals surface area contributed by atoms with Crippen LogP contribution < -0.4 is 5.56 Å². The lowest BCUT2D eigenvalue weighted by molar-refractivity contribution is 0.711. The third-order valence-corrected chi connectivity index (χ3v) is 3.34. The van der Waals surface area contributed by atoms with Crippen molar-refractivity contribution in [3.05, 3.63) is 45.9 Å². The third-order valence-electron chi connectivity index (χ3n) is 3.34. The monoisotopic (exact) mass is 213 g/mol. The summed E-state index contributed by atoms with van der Waals surface area (Å²) in [6.07, 6.45) is 4.31. The highest BCUT2D eigenvalue weighted by molar-refractivity contribution is 5.85. The Balaban J connectivity index is 2.41. The average Bonchev–Trinajstić information content (AvgIpc) is 3.07. The van der Waals surface area contributed by atoms with Gasteiger partial charge < -0.3 is 4.57 Å². The Morgan fingerprint density at radius 3 is 2.62 bits per heavy atom. The van der Waals surface area contributed by atoms with Crippen LogP contribution in [0, 0.1) is 13.8 Å². The van der Waals surface area contributed by atoms with Gasteiger partial charge in [-0.05, 0) is 43.7 Å². The van der Waals surface area contributed by atoms with Crippen LogP contribution in [0.5, 0.6) is 0 Å². The largest absolute Gasteiger partial charge is 0.312 e. The Morgan fingerprint density at radius 1 is 1.19 bits per heavy atom. The molecular formula is C14H15NO. The highest BCUT2D eigenvalue weighted by atomic mass is 16.1. The molecule has 0 bridgehead atoms. The van der Waals surface area contributed by atoms with E-state index in [2.05, 4.69) is 19.1 Å². The smallest absolute Gasteiger partial charge is 0.258 e. The SMILES string of the molecule is Cc1ccc2c(C)cn(C3CC3)c(=O)c2c1. The average molecular weight is 213 g/mol. The molecule has 0 N–H and O–H groups in total. The molecule has 0 aliphatic heterocycles. The molecule has 0 unspecified atom stereocenters. The molecule has 2 nitrogen and oxygen atoms in total. The number of hydrogen-bond donors (Lipinski definition) is 0. The van der Waals surface area contributed by atoms with Crippen molar-refractivity contribution in [2.45, 2.75) is 32.7 Å². The lowest BCUT2D eigenvalue weighted by Crippen LogP contribution is -2.19. The van der Waals surface area contributed by atoms with Crippen LogP contribution in [0.15, 0.2) is 29.2 Å². The fourth-order valence-electron chi connectivity index (χ4n) is 2.28. The summed E-state index contributed by atoms with van der Waals surface area (Å²) in [4.78, 5) is 12.3. The van der Waals surface area contributed by atoms with E-state index in [1.807, 2.05) is 23.8 Å². The highest BCUT2D eigenvalue weighted by Gasteiger charge is 2.25. The maximum atomic E-state index is 12.3. The van der Waals surface area contributed by atoms with E-state index in [4.69, 9.17) is 0 Å². The molecule has 1 fully saturated rings. The van der Waals surface area contributed by atoms with Gasteiger partial charge in [0.1, 0.15) is 0 Å². The van der Waals surface area contributed by atoms with Crippen molar-refractivity contribution in [2.75, 3.05) is 0 Å². The van der Waals surface area contributed by atoms with E-state index < -0.39 is 0 Å². The molecule has 2 heteroatoms. The molecule has 0 radical (unpaired) electrons. The number of benzene rings is 1. The number of aryl methyl sites for hydroxylation is 2. The molecule has 16 heavy (non-hydrogen) atoms. The molecule has 1 aromatic carbocycles. The van der Waals surface area contributed by atoms with Crippen LogP contribution in [0.3, 0.4) is 0 Å². The molecule has 0 atom stereocenters. The highest BCUT2D eigenvalue weighted by Crippen LogP contribution is 2.34. The fourth-order valence-corrected chi connectivity index (χ4v) is 2.28. The van der Waals surface area contributed by atoms with Crippen molar-refractivity contribution in [3.8, 4) is 0 Å². The fraction of sp³-hybridized carbons (Fsp3) is 0.357. The minimum atomic E-state index is 0.173. The normalized spacial score (nSPS) is 15.6. The van der Waals surface area contributed by atoms with Crippen LogP contribution in [0.4, 0.5) is 0 Å². The Labute approximate surface area is 94.5 Å². The summed E-state index contributed by atoms with van der Waals surface area (Å²) in [6, 6.07) is 6.58. The molecule has 1 saturated carbocycles. The maximum Gasteiger partial charge on any atom is 0.258 e. The Kier molecular flexibility index (Phi) is 1.93. The molecule has 1 heterocycles. The topological polar surface area (TPSA) is 22.0 Å². The second-order valence-electron chi connectivity index (χ2n) is 4.80. The van der Waals surface area contributed by atoms with Gasteiger partial charge in [-0.15, -0.1) is 0 Å². The van der Waals surface area contributed by atoms with Crippen LogP contribution in [0.2, 0.25) is 0 Å². The summed E-state index contributed by atoms with van der Waals surface area (Å²) in [6.45, 7) is 4.11. The van der Waals surface area contributed by atoms with Gasteiger partial charge in [0.15, 0.2) is 0 Å². The first-order chi connectivity index (χ1) is 7.66. The quantitative estimate of drug-likeness (QED) is 0.713. The predicted octanol–water partition coefficient (Wildman–Crippen LogP) is 2.95. The molecule has 0 saturated heterocycles. The van der Waals surface area contributed by atoms with E-state index in [1.54, 1.807) is 0 Å². The molecule has 1 aliphatic rings. The van der Waals surface area contributed by atoms with E-state index in [0.717, 1.165) is 29.2 Å². The number of pyridine rings is 1. The molecule has 3 rings (SSSR count). The lowest BCUT2D eigenvalue weighted by Gasteiger charge is -2.09. The summed E-state index contributed by atoms with van der Waals surface area (Å²) in [5.41, 5.74) is 2.52. The van der Waals surface area contributed by atoms with E-state index >= 15 is 0 Å². The number of aromatic nitrogens is 1. The van der Waals surface area contributed by atoms with Crippen molar-refractivity contribution in [3.63, 3.8) is 0 Å². The maximum absolute atomic E-state index is 12.3. The molecular weight excluding hydrogens is 198 g/mol. The van der Waals surface area contributed by atoms with E-state index in [0.29, 0.717) is 6.04 Å². The zero-order valence-electron chi connectivity index (χ0n) is 9.66. The molecule has 2 aromatic rings. The third kappa shape index (κ3) is 1.37. The van der Waals surface area contributed by atoms with Gasteiger partial charge in [0, 0.05) is 17.6 Å². The van der Waals surface area contributed by atoms with Crippen molar-refractivity contribution in [1.82, 2.24) is 4.57 Å². The minimum absolute atomic E-state index is 0.173. The Morgan fingerprint density at radius 2 is 1.94 bits per heavy atom. The standard InChI is InChI=1S/C14H15NO/c1-9-3-6-12-10(2)8-15(11-4-5-11)14(16)13(12)7-9/h3,6-8,11H,4-5H2,1-2H3. The van der Waals surface area contributed by atoms with Gasteiger partial charge >= 0.3 is 0 Å². The van der Waals surface area contributed by atoms with Gasteiger partial charge in [-0.25, -0.2) is 0 Å². The van der Waals surface area contributed by atoms with Crippen molar-refractivity contribution >= 4 is 10.8 Å². The number of nitrogens with zero attached hydrogens (tertiary/aromatic N) is 1. The first-order valence-electron chi connectivity index (χ1n) is 5.79. The first-order valence-corrected chi connectivity index (χ1v) is 5.79. The van der Waals surface area contributed by atoms with Crippen LogP contribution in [0.25, 0.3) is 10.8 Å². The Hall–Kier alpha value is -1.57. The zero-order valence-corrected chi connectivity index (χ0v) is 9.66. The van der Waals surface area contributed by atoms with Crippen molar-refractivity contribution in [2.24, 2.45) is 0 Å². The Bertz CT molecular complexity index is 620. The number of hydrogen-bond acceptors (Lipinski definition) is 1. The summed E-state index contributed by atoms with van der Waals surface area (Å²) in [7, 11) is 0. The van der Waals surface area contributed by atoms with Crippen LogP contribution in [-0.4, -0.2) is 4.57 Å². The second kappa shape index (κ2) is 3.21. The molecule has 1 aliphatic carbocycles. The number of fused-ring (bicyclic) bond motifs is 1. The van der Waals surface area contributed by atoms with Crippen LogP contribution in [0.1, 0.15) is 30.0 Å². The zero-order chi connectivity index (χ0) is 11.3. The predicted molar refractivity (Wildman–Crippen MR) is 66.0 cm³/mol. The van der Waals surface area contributed by atoms with Crippen LogP contribution in [-0.2, 0) is 0 Å². The molecule has 0 amide bonds. The lowest BCUT2D eigenvalue weighted by atomic mass is 10.1. The molecule has 0 spiro atoms. The van der Waals surface area contributed by atoms with E-state index in [9.17, 15) is 4.79 Å². The first kappa shape index (κ1) is 9.64. The van der Waals surface area contributed by atoms with Gasteiger partial charge in [0.25, 0.3) is 5.56 Å². The summed E-state index contributed by atoms with van der Waals surface area (Å²) < 4.78 is 1.91. The van der Waals surface area contributed by atoms with Gasteiger partial charge in [-0.2, -0.15) is 0 Å². The van der Waals surface area contributed by atoms with Gasteiger partial charge in [0.2, 0.25) is 0 Å². The summed E-state index contributed by atoms with van der Waals surface area (Å²) >= 11 is 0. The van der Waals surface area contributed by atoms with Gasteiger partial charge in [-0.1, -0.05) is 17.7 Å². The van der Waals surface area contributed by atoms with Gasteiger partial charge in [0.05, 0.1) is 0 Å². The van der Waals surface area contributed by atoms with E-state index in [1.165, 1.54) is 5.56 Å². The minimum Gasteiger partial charge on any atom is -0.312 e. The van der Waals surface area contributed by atoms with Gasteiger partial charge in [-0.3, -0.25) is 4.79 Å². The van der Waals surface area contributed by atoms with E-state index in [-0.39, 0.29) is 5.56 Å². The second-order valence-corrected chi connectivity index (χ2v) is 4.80. The summed E-state index contributed by atoms with van der Waals surface area (Å²) in [5.74, 6) is 0. The molecule has 82 valence electrons. The van der Waals surface area contributed by atoms with Crippen molar-refractivity contribution < 1.29 is 0 Å². The molecule has 1 aromatic heterocycles.